The first-order valence-electron chi connectivity index (χ1n) is 10.8. The predicted octanol–water partition coefficient (Wildman–Crippen LogP) is 3.35. The van der Waals surface area contributed by atoms with Crippen LogP contribution in [0.1, 0.15) is 48.2 Å². The summed E-state index contributed by atoms with van der Waals surface area (Å²) in [4.78, 5) is 34.6. The number of hydrogen-bond acceptors (Lipinski definition) is 4. The van der Waals surface area contributed by atoms with Crippen molar-refractivity contribution < 1.29 is 9.59 Å². The summed E-state index contributed by atoms with van der Waals surface area (Å²) >= 11 is 0. The zero-order chi connectivity index (χ0) is 20.1. The number of Topliss-reactive ketones (excluding diaryl/α,β-unsaturated/α-hetero) is 1. The van der Waals surface area contributed by atoms with Crippen molar-refractivity contribution in [3.63, 3.8) is 0 Å². The molecule has 2 aliphatic rings. The van der Waals surface area contributed by atoms with Crippen LogP contribution in [0.5, 0.6) is 0 Å². The summed E-state index contributed by atoms with van der Waals surface area (Å²) in [6, 6.07) is 15.4. The molecule has 29 heavy (non-hydrogen) atoms. The Kier molecular flexibility index (Phi) is 6.35. The van der Waals surface area contributed by atoms with E-state index in [0.717, 1.165) is 51.6 Å². The molecule has 0 saturated carbocycles. The van der Waals surface area contributed by atoms with Crippen LogP contribution in [0.25, 0.3) is 0 Å². The van der Waals surface area contributed by atoms with Gasteiger partial charge >= 0.3 is 0 Å². The number of hydrogen-bond donors (Lipinski definition) is 0. The standard InChI is InChI=1S/C24H29N3O2/c28-23(20-12-4-5-15-25-20)21-13-8-18-27(21)24(29)22-14-7-17-26(22)16-6-11-19-9-2-1-3-10-19/h1-5,9-10,12,15,21-22H,6-8,11,13-14,16-18H2/t21-,22-/m0/s1. The lowest BCUT2D eigenvalue weighted by Gasteiger charge is -2.30. The van der Waals surface area contributed by atoms with Gasteiger partial charge in [-0.05, 0) is 69.3 Å². The number of likely N-dealkylation sites (tertiary alicyclic amines) is 2. The maximum absolute atomic E-state index is 13.3. The average Bonchev–Trinajstić information content (AvgIpc) is 3.44. The topological polar surface area (TPSA) is 53.5 Å². The summed E-state index contributed by atoms with van der Waals surface area (Å²) in [7, 11) is 0. The number of rotatable bonds is 7. The van der Waals surface area contributed by atoms with Crippen LogP contribution < -0.4 is 0 Å². The van der Waals surface area contributed by atoms with Gasteiger partial charge in [0.1, 0.15) is 5.69 Å². The molecule has 5 nitrogen and oxygen atoms in total. The number of nitrogens with zero attached hydrogens (tertiary/aromatic N) is 3. The quantitative estimate of drug-likeness (QED) is 0.679. The molecule has 1 aromatic heterocycles. The second-order valence-electron chi connectivity index (χ2n) is 8.05. The number of benzene rings is 1. The summed E-state index contributed by atoms with van der Waals surface area (Å²) in [5.74, 6) is 0.110. The van der Waals surface area contributed by atoms with Crippen molar-refractivity contribution in [3.05, 3.63) is 66.0 Å². The van der Waals surface area contributed by atoms with Crippen LogP contribution in [0.4, 0.5) is 0 Å². The zero-order valence-corrected chi connectivity index (χ0v) is 16.9. The minimum Gasteiger partial charge on any atom is -0.331 e. The van der Waals surface area contributed by atoms with Crippen molar-refractivity contribution in [1.29, 1.82) is 0 Å². The van der Waals surface area contributed by atoms with Crippen LogP contribution in [0.3, 0.4) is 0 Å². The van der Waals surface area contributed by atoms with Crippen molar-refractivity contribution in [2.75, 3.05) is 19.6 Å². The van der Waals surface area contributed by atoms with E-state index in [0.29, 0.717) is 12.2 Å². The molecule has 0 radical (unpaired) electrons. The SMILES string of the molecule is O=C(c1ccccn1)[C@@H]1CCCN1C(=O)[C@@H]1CCCN1CCCc1ccccc1. The molecule has 4 rings (SSSR count). The van der Waals surface area contributed by atoms with E-state index in [4.69, 9.17) is 0 Å². The molecule has 2 atom stereocenters. The highest BCUT2D eigenvalue weighted by Crippen LogP contribution is 2.26. The van der Waals surface area contributed by atoms with Gasteiger partial charge in [-0.15, -0.1) is 0 Å². The Bertz CT molecular complexity index is 825. The third-order valence-corrected chi connectivity index (χ3v) is 6.16. The van der Waals surface area contributed by atoms with Crippen LogP contribution in [0.2, 0.25) is 0 Å². The van der Waals surface area contributed by atoms with E-state index in [2.05, 4.69) is 34.1 Å². The molecular formula is C24H29N3O2. The molecule has 5 heteroatoms. The number of ketones is 1. The van der Waals surface area contributed by atoms with Crippen molar-refractivity contribution >= 4 is 11.7 Å². The van der Waals surface area contributed by atoms with Gasteiger partial charge in [-0.25, -0.2) is 0 Å². The Morgan fingerprint density at radius 2 is 1.69 bits per heavy atom. The van der Waals surface area contributed by atoms with E-state index in [-0.39, 0.29) is 23.8 Å². The van der Waals surface area contributed by atoms with Gasteiger partial charge in [-0.1, -0.05) is 36.4 Å². The van der Waals surface area contributed by atoms with Gasteiger partial charge in [-0.3, -0.25) is 19.5 Å². The number of amides is 1. The van der Waals surface area contributed by atoms with Crippen molar-refractivity contribution in [1.82, 2.24) is 14.8 Å². The fourth-order valence-electron chi connectivity index (χ4n) is 4.68. The smallest absolute Gasteiger partial charge is 0.240 e. The van der Waals surface area contributed by atoms with Gasteiger partial charge in [0.05, 0.1) is 12.1 Å². The molecule has 0 bridgehead atoms. The number of pyridine rings is 1. The number of carbonyl (C=O) groups excluding carboxylic acids is 2. The minimum atomic E-state index is -0.357. The lowest BCUT2D eigenvalue weighted by molar-refractivity contribution is -0.136. The van der Waals surface area contributed by atoms with E-state index < -0.39 is 0 Å². The first kappa shape index (κ1) is 19.8. The lowest BCUT2D eigenvalue weighted by atomic mass is 10.1. The van der Waals surface area contributed by atoms with Gasteiger partial charge in [0, 0.05) is 12.7 Å². The fourth-order valence-corrected chi connectivity index (χ4v) is 4.68. The molecule has 3 heterocycles. The maximum Gasteiger partial charge on any atom is 0.240 e. The molecule has 0 unspecified atom stereocenters. The summed E-state index contributed by atoms with van der Waals surface area (Å²) in [6.07, 6.45) is 7.28. The summed E-state index contributed by atoms with van der Waals surface area (Å²) in [6.45, 7) is 2.58. The molecular weight excluding hydrogens is 362 g/mol. The molecule has 0 spiro atoms. The second kappa shape index (κ2) is 9.31. The molecule has 152 valence electrons. The molecule has 2 fully saturated rings. The summed E-state index contributed by atoms with van der Waals surface area (Å²) < 4.78 is 0. The Hall–Kier alpha value is -2.53. The monoisotopic (exact) mass is 391 g/mol. The highest BCUT2D eigenvalue weighted by molar-refractivity contribution is 6.01. The molecule has 1 aromatic carbocycles. The Morgan fingerprint density at radius 3 is 2.48 bits per heavy atom. The number of aromatic nitrogens is 1. The number of carbonyl (C=O) groups is 2. The lowest BCUT2D eigenvalue weighted by Crippen LogP contribution is -2.49. The number of aryl methyl sites for hydroxylation is 1. The van der Waals surface area contributed by atoms with Gasteiger partial charge in [-0.2, -0.15) is 0 Å². The van der Waals surface area contributed by atoms with Gasteiger partial charge in [0.2, 0.25) is 11.7 Å². The van der Waals surface area contributed by atoms with Gasteiger partial charge in [0.15, 0.2) is 0 Å². The summed E-state index contributed by atoms with van der Waals surface area (Å²) in [5.41, 5.74) is 1.80. The highest BCUT2D eigenvalue weighted by Gasteiger charge is 2.40. The Balaban J connectivity index is 1.37. The van der Waals surface area contributed by atoms with Gasteiger partial charge in [0.25, 0.3) is 0 Å². The Morgan fingerprint density at radius 1 is 0.931 bits per heavy atom. The van der Waals surface area contributed by atoms with Crippen LogP contribution in [0, 0.1) is 0 Å². The Labute approximate surface area is 172 Å². The molecule has 0 N–H and O–H groups in total. The normalized spacial score (nSPS) is 22.1. The summed E-state index contributed by atoms with van der Waals surface area (Å²) in [5, 5.41) is 0. The zero-order valence-electron chi connectivity index (χ0n) is 16.9. The average molecular weight is 392 g/mol. The third-order valence-electron chi connectivity index (χ3n) is 6.16. The van der Waals surface area contributed by atoms with Crippen molar-refractivity contribution in [2.45, 2.75) is 50.6 Å². The van der Waals surface area contributed by atoms with E-state index in [1.165, 1.54) is 5.56 Å². The highest BCUT2D eigenvalue weighted by atomic mass is 16.2. The first-order chi connectivity index (χ1) is 14.2. The largest absolute Gasteiger partial charge is 0.331 e. The fraction of sp³-hybridized carbons (Fsp3) is 0.458. The molecule has 2 aliphatic heterocycles. The van der Waals surface area contributed by atoms with Crippen LogP contribution in [-0.4, -0.2) is 58.2 Å². The van der Waals surface area contributed by atoms with Crippen LogP contribution >= 0.6 is 0 Å². The maximum atomic E-state index is 13.3. The second-order valence-corrected chi connectivity index (χ2v) is 8.05. The molecule has 1 amide bonds. The van der Waals surface area contributed by atoms with Crippen molar-refractivity contribution in [3.8, 4) is 0 Å². The molecule has 2 aromatic rings. The van der Waals surface area contributed by atoms with E-state index in [1.807, 2.05) is 17.0 Å². The first-order valence-corrected chi connectivity index (χ1v) is 10.8. The predicted molar refractivity (Wildman–Crippen MR) is 113 cm³/mol. The molecule has 2 saturated heterocycles. The van der Waals surface area contributed by atoms with Crippen LogP contribution in [0.15, 0.2) is 54.7 Å². The van der Waals surface area contributed by atoms with E-state index in [9.17, 15) is 9.59 Å². The third kappa shape index (κ3) is 4.56. The molecule has 0 aliphatic carbocycles. The minimum absolute atomic E-state index is 0.0231. The van der Waals surface area contributed by atoms with E-state index >= 15 is 0 Å². The van der Waals surface area contributed by atoms with Gasteiger partial charge < -0.3 is 4.90 Å². The van der Waals surface area contributed by atoms with Crippen LogP contribution in [-0.2, 0) is 11.2 Å². The van der Waals surface area contributed by atoms with Crippen molar-refractivity contribution in [2.24, 2.45) is 0 Å². The van der Waals surface area contributed by atoms with E-state index in [1.54, 1.807) is 18.3 Å².